The Labute approximate surface area is 148 Å². The maximum Gasteiger partial charge on any atom is 0.213 e. The van der Waals surface area contributed by atoms with E-state index in [1.165, 1.54) is 0 Å². The first-order valence-corrected chi connectivity index (χ1v) is 8.33. The van der Waals surface area contributed by atoms with Crippen LogP contribution in [0.1, 0.15) is 23.6 Å². The number of rotatable bonds is 6. The SMILES string of the molecule is COc1cc(C)c(COC(C)Cc2ccc(Cl)c(F)c2Br)cn1. The van der Waals surface area contributed by atoms with Gasteiger partial charge in [0.1, 0.15) is 0 Å². The van der Waals surface area contributed by atoms with Gasteiger partial charge in [-0.25, -0.2) is 9.37 Å². The maximum atomic E-state index is 13.8. The Morgan fingerprint density at radius 2 is 2.09 bits per heavy atom. The van der Waals surface area contributed by atoms with Crippen molar-refractivity contribution in [2.75, 3.05) is 7.11 Å². The van der Waals surface area contributed by atoms with E-state index in [1.54, 1.807) is 25.4 Å². The first kappa shape index (κ1) is 18.2. The van der Waals surface area contributed by atoms with E-state index >= 15 is 0 Å². The average Bonchev–Trinajstić information content (AvgIpc) is 2.54. The number of nitrogens with zero attached hydrogens (tertiary/aromatic N) is 1. The van der Waals surface area contributed by atoms with Crippen LogP contribution in [-0.2, 0) is 17.8 Å². The van der Waals surface area contributed by atoms with Crippen LogP contribution < -0.4 is 4.74 Å². The number of aromatic nitrogens is 1. The fourth-order valence-corrected chi connectivity index (χ4v) is 2.92. The number of aryl methyl sites for hydroxylation is 1. The Hall–Kier alpha value is -1.17. The number of hydrogen-bond donors (Lipinski definition) is 0. The van der Waals surface area contributed by atoms with Gasteiger partial charge in [0.15, 0.2) is 5.82 Å². The van der Waals surface area contributed by atoms with Gasteiger partial charge in [-0.05, 0) is 59.0 Å². The molecule has 0 bridgehead atoms. The highest BCUT2D eigenvalue weighted by Gasteiger charge is 2.13. The van der Waals surface area contributed by atoms with Crippen LogP contribution in [0.3, 0.4) is 0 Å². The smallest absolute Gasteiger partial charge is 0.213 e. The minimum absolute atomic E-state index is 0.0756. The third kappa shape index (κ3) is 4.66. The normalized spacial score (nSPS) is 12.3. The van der Waals surface area contributed by atoms with Crippen molar-refractivity contribution in [2.24, 2.45) is 0 Å². The summed E-state index contributed by atoms with van der Waals surface area (Å²) in [6.07, 6.45) is 2.25. The van der Waals surface area contributed by atoms with E-state index in [9.17, 15) is 4.39 Å². The Balaban J connectivity index is 1.98. The monoisotopic (exact) mass is 401 g/mol. The molecule has 0 aliphatic heterocycles. The van der Waals surface area contributed by atoms with Gasteiger partial charge >= 0.3 is 0 Å². The highest BCUT2D eigenvalue weighted by molar-refractivity contribution is 9.10. The number of ether oxygens (including phenoxy) is 2. The van der Waals surface area contributed by atoms with E-state index in [2.05, 4.69) is 20.9 Å². The van der Waals surface area contributed by atoms with Crippen molar-refractivity contribution in [1.29, 1.82) is 0 Å². The Kier molecular flexibility index (Phi) is 6.39. The summed E-state index contributed by atoms with van der Waals surface area (Å²) < 4.78 is 25.1. The van der Waals surface area contributed by atoms with Crippen molar-refractivity contribution in [1.82, 2.24) is 4.98 Å². The van der Waals surface area contributed by atoms with Crippen LogP contribution in [0.5, 0.6) is 5.88 Å². The first-order valence-electron chi connectivity index (χ1n) is 7.15. The molecular formula is C17H18BrClFNO2. The molecule has 0 spiro atoms. The largest absolute Gasteiger partial charge is 0.481 e. The standard InChI is InChI=1S/C17H18BrClFNO2/c1-10-6-15(22-3)21-8-13(10)9-23-11(2)7-12-4-5-14(19)17(20)16(12)18/h4-6,8,11H,7,9H2,1-3H3. The highest BCUT2D eigenvalue weighted by Crippen LogP contribution is 2.28. The van der Waals surface area contributed by atoms with Crippen LogP contribution in [0, 0.1) is 12.7 Å². The highest BCUT2D eigenvalue weighted by atomic mass is 79.9. The summed E-state index contributed by atoms with van der Waals surface area (Å²) >= 11 is 9.00. The van der Waals surface area contributed by atoms with Gasteiger partial charge in [-0.1, -0.05) is 17.7 Å². The minimum Gasteiger partial charge on any atom is -0.481 e. The zero-order valence-corrected chi connectivity index (χ0v) is 15.5. The molecule has 1 unspecified atom stereocenters. The lowest BCUT2D eigenvalue weighted by Crippen LogP contribution is -2.13. The number of hydrogen-bond acceptors (Lipinski definition) is 3. The molecule has 0 aliphatic rings. The van der Waals surface area contributed by atoms with Gasteiger partial charge in [-0.3, -0.25) is 0 Å². The maximum absolute atomic E-state index is 13.8. The summed E-state index contributed by atoms with van der Waals surface area (Å²) in [5, 5.41) is 0.106. The van der Waals surface area contributed by atoms with Crippen LogP contribution in [0.25, 0.3) is 0 Å². The fourth-order valence-electron chi connectivity index (χ4n) is 2.15. The molecule has 2 aromatic rings. The molecule has 0 aliphatic carbocycles. The van der Waals surface area contributed by atoms with Crippen molar-refractivity contribution in [2.45, 2.75) is 33.0 Å². The summed E-state index contributed by atoms with van der Waals surface area (Å²) in [6.45, 7) is 4.38. The van der Waals surface area contributed by atoms with Gasteiger partial charge in [0.25, 0.3) is 0 Å². The summed E-state index contributed by atoms with van der Waals surface area (Å²) in [5.74, 6) is 0.145. The van der Waals surface area contributed by atoms with Gasteiger partial charge in [0.2, 0.25) is 5.88 Å². The molecule has 0 fully saturated rings. The third-order valence-electron chi connectivity index (χ3n) is 3.55. The summed E-state index contributed by atoms with van der Waals surface area (Å²) in [4.78, 5) is 4.18. The predicted octanol–water partition coefficient (Wildman–Crippen LogP) is 5.10. The van der Waals surface area contributed by atoms with Crippen LogP contribution in [0.2, 0.25) is 5.02 Å². The number of methoxy groups -OCH3 is 1. The summed E-state index contributed by atoms with van der Waals surface area (Å²) in [5.41, 5.74) is 2.88. The third-order valence-corrected chi connectivity index (χ3v) is 4.70. The Morgan fingerprint density at radius 3 is 2.74 bits per heavy atom. The second kappa shape index (κ2) is 8.08. The van der Waals surface area contributed by atoms with Gasteiger partial charge in [-0.15, -0.1) is 0 Å². The molecule has 0 radical (unpaired) electrons. The molecule has 0 N–H and O–H groups in total. The molecule has 1 heterocycles. The van der Waals surface area contributed by atoms with Crippen molar-refractivity contribution in [3.8, 4) is 5.88 Å². The van der Waals surface area contributed by atoms with E-state index in [1.807, 2.05) is 19.9 Å². The zero-order chi connectivity index (χ0) is 17.0. The second-order valence-corrected chi connectivity index (χ2v) is 6.51. The molecule has 0 saturated carbocycles. The van der Waals surface area contributed by atoms with Crippen LogP contribution in [0.4, 0.5) is 4.39 Å². The van der Waals surface area contributed by atoms with E-state index < -0.39 is 5.82 Å². The van der Waals surface area contributed by atoms with Crippen molar-refractivity contribution in [3.63, 3.8) is 0 Å². The van der Waals surface area contributed by atoms with E-state index in [4.69, 9.17) is 21.1 Å². The van der Waals surface area contributed by atoms with Gasteiger partial charge < -0.3 is 9.47 Å². The average molecular weight is 403 g/mol. The van der Waals surface area contributed by atoms with Crippen LogP contribution in [0.15, 0.2) is 28.9 Å². The van der Waals surface area contributed by atoms with Crippen molar-refractivity contribution < 1.29 is 13.9 Å². The number of benzene rings is 1. The molecule has 1 aromatic heterocycles. The van der Waals surface area contributed by atoms with Gasteiger partial charge in [0, 0.05) is 12.3 Å². The van der Waals surface area contributed by atoms with Crippen molar-refractivity contribution >= 4 is 27.5 Å². The lowest BCUT2D eigenvalue weighted by Gasteiger charge is -2.16. The zero-order valence-electron chi connectivity index (χ0n) is 13.2. The lowest BCUT2D eigenvalue weighted by molar-refractivity contribution is 0.0529. The van der Waals surface area contributed by atoms with Crippen LogP contribution in [-0.4, -0.2) is 18.2 Å². The van der Waals surface area contributed by atoms with E-state index in [0.717, 1.165) is 16.7 Å². The minimum atomic E-state index is -0.438. The molecule has 0 amide bonds. The Morgan fingerprint density at radius 1 is 1.35 bits per heavy atom. The quantitative estimate of drug-likeness (QED) is 0.630. The molecule has 1 aromatic carbocycles. The molecule has 1 atom stereocenters. The van der Waals surface area contributed by atoms with Gasteiger partial charge in [0.05, 0.1) is 29.3 Å². The van der Waals surface area contributed by atoms with Crippen molar-refractivity contribution in [3.05, 3.63) is 56.4 Å². The molecule has 3 nitrogen and oxygen atoms in total. The first-order chi connectivity index (χ1) is 10.9. The number of pyridine rings is 1. The Bertz CT molecular complexity index is 697. The molecule has 2 rings (SSSR count). The molecule has 23 heavy (non-hydrogen) atoms. The predicted molar refractivity (Wildman–Crippen MR) is 92.6 cm³/mol. The van der Waals surface area contributed by atoms with E-state index in [-0.39, 0.29) is 11.1 Å². The second-order valence-electron chi connectivity index (χ2n) is 5.31. The molecule has 124 valence electrons. The number of halogens is 3. The van der Waals surface area contributed by atoms with Gasteiger partial charge in [-0.2, -0.15) is 0 Å². The molecule has 0 saturated heterocycles. The van der Waals surface area contributed by atoms with Crippen LogP contribution >= 0.6 is 27.5 Å². The molecule has 6 heteroatoms. The summed E-state index contributed by atoms with van der Waals surface area (Å²) in [7, 11) is 1.59. The van der Waals surface area contributed by atoms with E-state index in [0.29, 0.717) is 23.4 Å². The summed E-state index contributed by atoms with van der Waals surface area (Å²) in [6, 6.07) is 5.23. The lowest BCUT2D eigenvalue weighted by atomic mass is 10.1. The topological polar surface area (TPSA) is 31.4 Å². The molecular weight excluding hydrogens is 385 g/mol. The fraction of sp³-hybridized carbons (Fsp3) is 0.353.